The third-order valence-electron chi connectivity index (χ3n) is 6.12. The molecular formula is C27H21F4N5O2. The lowest BCUT2D eigenvalue weighted by Gasteiger charge is -2.29. The summed E-state index contributed by atoms with van der Waals surface area (Å²) in [5.41, 5.74) is 0.337. The van der Waals surface area contributed by atoms with Crippen molar-refractivity contribution >= 4 is 39.8 Å². The number of urea groups is 1. The maximum Gasteiger partial charge on any atom is 0.323 e. The highest BCUT2D eigenvalue weighted by atomic mass is 19.2. The molecule has 2 heterocycles. The molecule has 11 heteroatoms. The zero-order chi connectivity index (χ0) is 26.8. The van der Waals surface area contributed by atoms with E-state index in [2.05, 4.69) is 25.8 Å². The molecule has 5 rings (SSSR count). The predicted octanol–water partition coefficient (Wildman–Crippen LogP) is 5.08. The van der Waals surface area contributed by atoms with Crippen LogP contribution in [0.4, 0.5) is 39.4 Å². The number of rotatable bonds is 5. The molecule has 3 aromatic carbocycles. The molecule has 2 amide bonds. The van der Waals surface area contributed by atoms with Crippen LogP contribution in [0.1, 0.15) is 15.9 Å². The van der Waals surface area contributed by atoms with E-state index in [1.54, 1.807) is 18.3 Å². The van der Waals surface area contributed by atoms with Gasteiger partial charge in [0.25, 0.3) is 0 Å². The lowest BCUT2D eigenvalue weighted by atomic mass is 10.00. The summed E-state index contributed by atoms with van der Waals surface area (Å²) >= 11 is 0. The van der Waals surface area contributed by atoms with Gasteiger partial charge in [-0.05, 0) is 42.5 Å². The number of hydrogen-bond acceptors (Lipinski definition) is 5. The van der Waals surface area contributed by atoms with Crippen molar-refractivity contribution < 1.29 is 27.2 Å². The van der Waals surface area contributed by atoms with Gasteiger partial charge in [0.15, 0.2) is 23.2 Å². The van der Waals surface area contributed by atoms with Crippen molar-refractivity contribution in [1.29, 1.82) is 0 Å². The summed E-state index contributed by atoms with van der Waals surface area (Å²) in [4.78, 5) is 32.1. The highest BCUT2D eigenvalue weighted by Crippen LogP contribution is 2.26. The molecule has 4 aromatic rings. The molecule has 194 valence electrons. The van der Waals surface area contributed by atoms with Gasteiger partial charge < -0.3 is 20.9 Å². The largest absolute Gasteiger partial charge is 0.368 e. The number of nitrogens with one attached hydrogen (secondary N) is 3. The fourth-order valence-electron chi connectivity index (χ4n) is 4.22. The molecule has 1 aliphatic heterocycles. The average Bonchev–Trinajstić information content (AvgIpc) is 2.92. The van der Waals surface area contributed by atoms with Crippen molar-refractivity contribution in [2.75, 3.05) is 41.7 Å². The number of piperazine rings is 1. The number of nitrogens with zero attached hydrogens (tertiary/aromatic N) is 2. The lowest BCUT2D eigenvalue weighted by molar-refractivity contribution is 0.103. The topological polar surface area (TPSA) is 86.4 Å². The lowest BCUT2D eigenvalue weighted by Crippen LogP contribution is -2.43. The SMILES string of the molecule is O=C(Nc1ccc(F)c(F)c1)Nc1cc(F)cc(C(=O)c2ccc3ncc(N4CCNCC4)cc3c2)c1F. The number of pyridine rings is 1. The number of anilines is 3. The Morgan fingerprint density at radius 2 is 1.66 bits per heavy atom. The van der Waals surface area contributed by atoms with Crippen LogP contribution in [-0.4, -0.2) is 43.0 Å². The van der Waals surface area contributed by atoms with E-state index in [9.17, 15) is 22.8 Å². The normalized spacial score (nSPS) is 13.4. The number of carbonyl (C=O) groups excluding carboxylic acids is 2. The summed E-state index contributed by atoms with van der Waals surface area (Å²) < 4.78 is 56.1. The summed E-state index contributed by atoms with van der Waals surface area (Å²) in [6.45, 7) is 3.29. The van der Waals surface area contributed by atoms with Crippen LogP contribution >= 0.6 is 0 Å². The molecule has 1 aliphatic rings. The zero-order valence-electron chi connectivity index (χ0n) is 19.8. The first-order chi connectivity index (χ1) is 18.3. The van der Waals surface area contributed by atoms with Gasteiger partial charge in [-0.1, -0.05) is 0 Å². The quantitative estimate of drug-likeness (QED) is 0.251. The van der Waals surface area contributed by atoms with Gasteiger partial charge in [-0.25, -0.2) is 22.4 Å². The van der Waals surface area contributed by atoms with Crippen molar-refractivity contribution in [1.82, 2.24) is 10.3 Å². The minimum Gasteiger partial charge on any atom is -0.368 e. The van der Waals surface area contributed by atoms with Gasteiger partial charge in [0.05, 0.1) is 28.7 Å². The van der Waals surface area contributed by atoms with Crippen LogP contribution in [0.2, 0.25) is 0 Å². The van der Waals surface area contributed by atoms with Crippen LogP contribution in [0.15, 0.2) is 60.8 Å². The molecule has 38 heavy (non-hydrogen) atoms. The van der Waals surface area contributed by atoms with Crippen LogP contribution in [-0.2, 0) is 0 Å². The van der Waals surface area contributed by atoms with Crippen LogP contribution in [0.5, 0.6) is 0 Å². The second-order valence-corrected chi connectivity index (χ2v) is 8.69. The smallest absolute Gasteiger partial charge is 0.323 e. The molecular weight excluding hydrogens is 502 g/mol. The molecule has 3 N–H and O–H groups in total. The van der Waals surface area contributed by atoms with Crippen molar-refractivity contribution in [3.05, 3.63) is 95.2 Å². The second-order valence-electron chi connectivity index (χ2n) is 8.69. The fraction of sp³-hybridized carbons (Fsp3) is 0.148. The third kappa shape index (κ3) is 5.28. The number of aromatic nitrogens is 1. The van der Waals surface area contributed by atoms with Crippen molar-refractivity contribution in [2.45, 2.75) is 0 Å². The minimum absolute atomic E-state index is 0.110. The van der Waals surface area contributed by atoms with Crippen LogP contribution in [0.25, 0.3) is 10.9 Å². The van der Waals surface area contributed by atoms with Gasteiger partial charge >= 0.3 is 6.03 Å². The van der Waals surface area contributed by atoms with Crippen molar-refractivity contribution in [2.24, 2.45) is 0 Å². The van der Waals surface area contributed by atoms with Gasteiger partial charge in [-0.2, -0.15) is 0 Å². The highest BCUT2D eigenvalue weighted by molar-refractivity contribution is 6.11. The molecule has 0 unspecified atom stereocenters. The number of halogens is 4. The minimum atomic E-state index is -1.20. The van der Waals surface area contributed by atoms with E-state index in [1.807, 2.05) is 6.07 Å². The number of carbonyl (C=O) groups is 2. The van der Waals surface area contributed by atoms with E-state index in [4.69, 9.17) is 0 Å². The molecule has 1 saturated heterocycles. The Labute approximate surface area is 214 Å². The first-order valence-corrected chi connectivity index (χ1v) is 11.7. The maximum atomic E-state index is 15.3. The fourth-order valence-corrected chi connectivity index (χ4v) is 4.22. The van der Waals surface area contributed by atoms with Gasteiger partial charge in [0.2, 0.25) is 0 Å². The van der Waals surface area contributed by atoms with Crippen molar-refractivity contribution in [3.8, 4) is 0 Å². The van der Waals surface area contributed by atoms with E-state index in [-0.39, 0.29) is 11.3 Å². The van der Waals surface area contributed by atoms with Gasteiger partial charge in [0, 0.05) is 54.9 Å². The molecule has 0 spiro atoms. The predicted molar refractivity (Wildman–Crippen MR) is 136 cm³/mol. The first kappa shape index (κ1) is 25.2. The summed E-state index contributed by atoms with van der Waals surface area (Å²) in [6, 6.07) is 9.57. The molecule has 0 atom stereocenters. The molecule has 1 fully saturated rings. The van der Waals surface area contributed by atoms with Crippen LogP contribution in [0.3, 0.4) is 0 Å². The Hall–Kier alpha value is -4.51. The Kier molecular flexibility index (Phi) is 6.93. The second kappa shape index (κ2) is 10.5. The van der Waals surface area contributed by atoms with E-state index in [0.717, 1.165) is 56.1 Å². The van der Waals surface area contributed by atoms with Crippen LogP contribution < -0.4 is 20.9 Å². The van der Waals surface area contributed by atoms with E-state index >= 15 is 4.39 Å². The van der Waals surface area contributed by atoms with Gasteiger partial charge in [-0.15, -0.1) is 0 Å². The van der Waals surface area contributed by atoms with E-state index < -0.39 is 46.3 Å². The number of benzene rings is 3. The van der Waals surface area contributed by atoms with Crippen molar-refractivity contribution in [3.63, 3.8) is 0 Å². The van der Waals surface area contributed by atoms with E-state index in [0.29, 0.717) is 17.0 Å². The molecule has 7 nitrogen and oxygen atoms in total. The number of ketones is 1. The number of amides is 2. The average molecular weight is 523 g/mol. The molecule has 0 radical (unpaired) electrons. The molecule has 0 aliphatic carbocycles. The molecule has 0 bridgehead atoms. The molecule has 0 saturated carbocycles. The number of fused-ring (bicyclic) bond motifs is 1. The van der Waals surface area contributed by atoms with Crippen LogP contribution in [0, 0.1) is 23.3 Å². The molecule has 1 aromatic heterocycles. The third-order valence-corrected chi connectivity index (χ3v) is 6.12. The summed E-state index contributed by atoms with van der Waals surface area (Å²) in [7, 11) is 0. The summed E-state index contributed by atoms with van der Waals surface area (Å²) in [5, 5.41) is 8.23. The van der Waals surface area contributed by atoms with E-state index in [1.165, 1.54) is 6.07 Å². The Bertz CT molecular complexity index is 1560. The summed E-state index contributed by atoms with van der Waals surface area (Å²) in [6.07, 6.45) is 1.75. The Morgan fingerprint density at radius 1 is 0.868 bits per heavy atom. The summed E-state index contributed by atoms with van der Waals surface area (Å²) in [5.74, 6) is -5.20. The van der Waals surface area contributed by atoms with Gasteiger partial charge in [0.1, 0.15) is 5.82 Å². The first-order valence-electron chi connectivity index (χ1n) is 11.7. The Balaban J connectivity index is 1.40. The number of hydrogen-bond donors (Lipinski definition) is 3. The Morgan fingerprint density at radius 3 is 2.42 bits per heavy atom. The highest BCUT2D eigenvalue weighted by Gasteiger charge is 2.21. The monoisotopic (exact) mass is 523 g/mol. The maximum absolute atomic E-state index is 15.3. The standard InChI is InChI=1S/C27H21F4N5O2/c28-17-11-20(25(31)24(12-17)35-27(38)34-18-2-3-21(29)22(30)13-18)26(37)15-1-4-23-16(9-15)10-19(14-33-23)36-7-5-32-6-8-36/h1-4,9-14,32H,5-8H2,(H2,34,35,38). The van der Waals surface area contributed by atoms with Gasteiger partial charge in [-0.3, -0.25) is 9.78 Å². The zero-order valence-corrected chi connectivity index (χ0v) is 19.8.